The summed E-state index contributed by atoms with van der Waals surface area (Å²) >= 11 is 0. The molecule has 0 fully saturated rings. The molecule has 2 heteroatoms. The second kappa shape index (κ2) is 22.0. The van der Waals surface area contributed by atoms with Crippen LogP contribution >= 0.6 is 0 Å². The summed E-state index contributed by atoms with van der Waals surface area (Å²) in [7, 11) is 0. The van der Waals surface area contributed by atoms with E-state index in [2.05, 4.69) is 42.3 Å². The van der Waals surface area contributed by atoms with E-state index in [1.165, 1.54) is 154 Å². The third-order valence-electron chi connectivity index (χ3n) is 7.16. The largest absolute Gasteiger partial charge is 0.256 e. The molecule has 1 rings (SSSR count). The lowest BCUT2D eigenvalue weighted by Crippen LogP contribution is -2.37. The van der Waals surface area contributed by atoms with Crippen molar-refractivity contribution < 1.29 is 4.57 Å². The molecule has 1 heterocycles. The number of hydrogen-bond donors (Lipinski definition) is 0. The van der Waals surface area contributed by atoms with E-state index in [1.807, 2.05) is 0 Å². The van der Waals surface area contributed by atoms with E-state index in [0.29, 0.717) is 0 Å². The van der Waals surface area contributed by atoms with Crippen LogP contribution in [0.15, 0.2) is 12.4 Å². The van der Waals surface area contributed by atoms with Crippen LogP contribution in [-0.2, 0) is 19.5 Å². The van der Waals surface area contributed by atoms with Gasteiger partial charge in [-0.2, -0.15) is 0 Å². The number of aryl methyl sites for hydroxylation is 2. The number of imidazole rings is 1. The van der Waals surface area contributed by atoms with Crippen LogP contribution in [0.2, 0.25) is 0 Å². The molecule has 1 aromatic rings. The zero-order chi connectivity index (χ0) is 23.1. The second-order valence-electron chi connectivity index (χ2n) is 10.2. The zero-order valence-corrected chi connectivity index (χ0v) is 22.5. The van der Waals surface area contributed by atoms with E-state index in [1.54, 1.807) is 0 Å². The Morgan fingerprint density at radius 2 is 0.938 bits per heavy atom. The lowest BCUT2D eigenvalue weighted by Gasteiger charge is -2.05. The molecular weight excluding hydrogens is 388 g/mol. The topological polar surface area (TPSA) is 8.81 Å². The smallest absolute Gasteiger partial charge is 0.234 e. The summed E-state index contributed by atoms with van der Waals surface area (Å²) in [5, 5.41) is 0. The van der Waals surface area contributed by atoms with Gasteiger partial charge in [-0.3, -0.25) is 0 Å². The van der Waals surface area contributed by atoms with Crippen molar-refractivity contribution in [2.45, 2.75) is 175 Å². The van der Waals surface area contributed by atoms with Gasteiger partial charge >= 0.3 is 0 Å². The van der Waals surface area contributed by atoms with Gasteiger partial charge in [0.05, 0.1) is 13.1 Å². The van der Waals surface area contributed by atoms with E-state index in [9.17, 15) is 0 Å². The number of unbranched alkanes of at least 4 members (excludes halogenated alkanes) is 19. The Balaban J connectivity index is 2.00. The fourth-order valence-corrected chi connectivity index (χ4v) is 5.03. The Labute approximate surface area is 202 Å². The quantitative estimate of drug-likeness (QED) is 0.110. The van der Waals surface area contributed by atoms with Crippen LogP contribution in [-0.4, -0.2) is 4.57 Å². The van der Waals surface area contributed by atoms with Gasteiger partial charge in [-0.15, -0.1) is 0 Å². The minimum absolute atomic E-state index is 1.15. The standard InChI is InChI=1S/C30H59N2/c1-4-7-9-11-13-14-15-16-17-18-19-21-23-25-27-32-29-28-31(30(32)6-3)26-24-22-20-12-10-8-5-2/h28-29H,4-27H2,1-3H3/q+1. The molecule has 0 spiro atoms. The van der Waals surface area contributed by atoms with Crippen molar-refractivity contribution in [3.05, 3.63) is 18.2 Å². The van der Waals surface area contributed by atoms with E-state index < -0.39 is 0 Å². The van der Waals surface area contributed by atoms with Crippen molar-refractivity contribution in [3.63, 3.8) is 0 Å². The van der Waals surface area contributed by atoms with E-state index in [-0.39, 0.29) is 0 Å². The normalized spacial score (nSPS) is 11.5. The maximum Gasteiger partial charge on any atom is 0.256 e. The van der Waals surface area contributed by atoms with Gasteiger partial charge in [0.25, 0.3) is 5.82 Å². The van der Waals surface area contributed by atoms with Crippen LogP contribution in [0.25, 0.3) is 0 Å². The summed E-state index contributed by atoms with van der Waals surface area (Å²) in [5.41, 5.74) is 0. The SMILES string of the molecule is CCCCCCCCCCCCCCCC[n+]1ccn(CCCCCCCCC)c1CC. The van der Waals surface area contributed by atoms with Gasteiger partial charge in [-0.05, 0) is 25.7 Å². The van der Waals surface area contributed by atoms with Crippen LogP contribution in [0.1, 0.15) is 161 Å². The molecule has 0 aliphatic heterocycles. The molecule has 0 N–H and O–H groups in total. The van der Waals surface area contributed by atoms with Crippen molar-refractivity contribution >= 4 is 0 Å². The predicted molar refractivity (Wildman–Crippen MR) is 142 cm³/mol. The fraction of sp³-hybridized carbons (Fsp3) is 0.900. The van der Waals surface area contributed by atoms with E-state index >= 15 is 0 Å². The number of rotatable bonds is 24. The molecule has 0 aliphatic rings. The van der Waals surface area contributed by atoms with Gasteiger partial charge < -0.3 is 0 Å². The molecule has 2 nitrogen and oxygen atoms in total. The first-order chi connectivity index (χ1) is 15.8. The van der Waals surface area contributed by atoms with Gasteiger partial charge in [-0.25, -0.2) is 9.13 Å². The fourth-order valence-electron chi connectivity index (χ4n) is 5.03. The van der Waals surface area contributed by atoms with Gasteiger partial charge in [0.2, 0.25) is 0 Å². The molecule has 32 heavy (non-hydrogen) atoms. The molecule has 0 saturated carbocycles. The molecule has 0 bridgehead atoms. The summed E-state index contributed by atoms with van der Waals surface area (Å²) in [4.78, 5) is 0. The second-order valence-corrected chi connectivity index (χ2v) is 10.2. The van der Waals surface area contributed by atoms with Crippen molar-refractivity contribution in [2.24, 2.45) is 0 Å². The van der Waals surface area contributed by atoms with Crippen molar-refractivity contribution in [1.29, 1.82) is 0 Å². The number of nitrogens with zero attached hydrogens (tertiary/aromatic N) is 2. The highest BCUT2D eigenvalue weighted by Gasteiger charge is 2.14. The van der Waals surface area contributed by atoms with E-state index in [4.69, 9.17) is 0 Å². The van der Waals surface area contributed by atoms with Crippen LogP contribution in [0, 0.1) is 0 Å². The predicted octanol–water partition coefficient (Wildman–Crippen LogP) is 9.57. The van der Waals surface area contributed by atoms with Crippen molar-refractivity contribution in [3.8, 4) is 0 Å². The Kier molecular flexibility index (Phi) is 20.1. The highest BCUT2D eigenvalue weighted by Crippen LogP contribution is 2.13. The lowest BCUT2D eigenvalue weighted by atomic mass is 10.0. The molecule has 0 unspecified atom stereocenters. The highest BCUT2D eigenvalue weighted by molar-refractivity contribution is 4.83. The first-order valence-electron chi connectivity index (χ1n) is 14.9. The maximum absolute atomic E-state index is 2.53. The minimum atomic E-state index is 1.15. The maximum atomic E-state index is 2.53. The highest BCUT2D eigenvalue weighted by atomic mass is 15.1. The number of hydrogen-bond acceptors (Lipinski definition) is 0. The molecule has 0 aromatic carbocycles. The Bertz CT molecular complexity index is 505. The Hall–Kier alpha value is -0.790. The first kappa shape index (κ1) is 29.2. The van der Waals surface area contributed by atoms with Crippen LogP contribution in [0.4, 0.5) is 0 Å². The summed E-state index contributed by atoms with van der Waals surface area (Å²) in [6, 6.07) is 0. The molecule has 0 radical (unpaired) electrons. The summed E-state index contributed by atoms with van der Waals surface area (Å²) in [5.74, 6) is 1.53. The zero-order valence-electron chi connectivity index (χ0n) is 22.5. The average molecular weight is 448 g/mol. The van der Waals surface area contributed by atoms with Gasteiger partial charge in [0.15, 0.2) is 0 Å². The molecule has 0 amide bonds. The van der Waals surface area contributed by atoms with Crippen LogP contribution < -0.4 is 4.57 Å². The summed E-state index contributed by atoms with van der Waals surface area (Å²) in [6.45, 7) is 9.34. The molecular formula is C30H59N2+. The molecule has 0 atom stereocenters. The molecule has 188 valence electrons. The monoisotopic (exact) mass is 447 g/mol. The van der Waals surface area contributed by atoms with Gasteiger partial charge in [-0.1, -0.05) is 130 Å². The summed E-state index contributed by atoms with van der Waals surface area (Å²) in [6.07, 6.45) is 35.7. The average Bonchev–Trinajstić information content (AvgIpc) is 3.20. The Morgan fingerprint density at radius 1 is 0.531 bits per heavy atom. The molecule has 0 aliphatic carbocycles. The van der Waals surface area contributed by atoms with Crippen LogP contribution in [0.3, 0.4) is 0 Å². The van der Waals surface area contributed by atoms with Crippen LogP contribution in [0.5, 0.6) is 0 Å². The van der Waals surface area contributed by atoms with Crippen molar-refractivity contribution in [1.82, 2.24) is 4.57 Å². The Morgan fingerprint density at radius 3 is 1.38 bits per heavy atom. The lowest BCUT2D eigenvalue weighted by molar-refractivity contribution is -0.704. The van der Waals surface area contributed by atoms with Gasteiger partial charge in [0, 0.05) is 6.42 Å². The van der Waals surface area contributed by atoms with E-state index in [0.717, 1.165) is 6.42 Å². The minimum Gasteiger partial charge on any atom is -0.234 e. The third kappa shape index (κ3) is 15.1. The summed E-state index contributed by atoms with van der Waals surface area (Å²) < 4.78 is 5.05. The van der Waals surface area contributed by atoms with Gasteiger partial charge in [0.1, 0.15) is 12.4 Å². The molecule has 1 aromatic heterocycles. The first-order valence-corrected chi connectivity index (χ1v) is 14.9. The number of aromatic nitrogens is 2. The third-order valence-corrected chi connectivity index (χ3v) is 7.16. The van der Waals surface area contributed by atoms with Crippen molar-refractivity contribution in [2.75, 3.05) is 0 Å². The molecule has 0 saturated heterocycles.